The Morgan fingerprint density at radius 1 is 1.08 bits per heavy atom. The summed E-state index contributed by atoms with van der Waals surface area (Å²) in [4.78, 5) is 25.5. The molecular weight excluding hydrogens is 510 g/mol. The van der Waals surface area contributed by atoms with Crippen LogP contribution >= 0.6 is 11.6 Å². The molecule has 6 heteroatoms. The quantitative estimate of drug-likeness (QED) is 0.235. The molecular formula is C33H36ClNO4. The number of halogens is 1. The highest BCUT2D eigenvalue weighted by molar-refractivity contribution is 6.30. The lowest BCUT2D eigenvalue weighted by Gasteiger charge is -2.23. The lowest BCUT2D eigenvalue weighted by atomic mass is 9.94. The van der Waals surface area contributed by atoms with Gasteiger partial charge in [0.2, 0.25) is 5.91 Å². The van der Waals surface area contributed by atoms with Crippen LogP contribution in [0.5, 0.6) is 0 Å². The molecule has 0 radical (unpaired) electrons. The Morgan fingerprint density at radius 2 is 1.87 bits per heavy atom. The number of aryl methyl sites for hydroxylation is 2. The molecule has 1 amide bonds. The third-order valence-corrected chi connectivity index (χ3v) is 7.60. The SMILES string of the molecule is CCCCc1cc(Cl)ccc1-c1cccc(C(O)/C=C/C2CCC(=O)N2CCCc2ccc(C(=O)O)cc2)c1. The van der Waals surface area contributed by atoms with Crippen molar-refractivity contribution in [2.45, 2.75) is 64.0 Å². The Morgan fingerprint density at radius 3 is 2.62 bits per heavy atom. The Bertz CT molecular complexity index is 1320. The van der Waals surface area contributed by atoms with Crippen LogP contribution in [0.15, 0.2) is 78.9 Å². The van der Waals surface area contributed by atoms with Gasteiger partial charge in [0.1, 0.15) is 0 Å². The molecule has 0 spiro atoms. The predicted octanol–water partition coefficient (Wildman–Crippen LogP) is 7.26. The molecule has 5 nitrogen and oxygen atoms in total. The van der Waals surface area contributed by atoms with Crippen molar-refractivity contribution in [1.82, 2.24) is 4.90 Å². The largest absolute Gasteiger partial charge is 0.478 e. The van der Waals surface area contributed by atoms with Gasteiger partial charge < -0.3 is 15.1 Å². The molecule has 0 aliphatic carbocycles. The molecule has 0 saturated carbocycles. The molecule has 204 valence electrons. The number of aliphatic hydroxyl groups is 1. The minimum absolute atomic E-state index is 0.0402. The van der Waals surface area contributed by atoms with E-state index in [0.717, 1.165) is 65.8 Å². The van der Waals surface area contributed by atoms with Crippen LogP contribution in [0, 0.1) is 0 Å². The molecule has 2 unspecified atom stereocenters. The van der Waals surface area contributed by atoms with Gasteiger partial charge in [0.15, 0.2) is 0 Å². The van der Waals surface area contributed by atoms with Crippen molar-refractivity contribution in [1.29, 1.82) is 0 Å². The topological polar surface area (TPSA) is 77.8 Å². The first-order valence-electron chi connectivity index (χ1n) is 13.7. The van der Waals surface area contributed by atoms with Gasteiger partial charge in [-0.2, -0.15) is 0 Å². The van der Waals surface area contributed by atoms with E-state index < -0.39 is 12.1 Å². The number of carbonyl (C=O) groups excluding carboxylic acids is 1. The zero-order chi connectivity index (χ0) is 27.8. The Hall–Kier alpha value is -3.41. The zero-order valence-electron chi connectivity index (χ0n) is 22.4. The highest BCUT2D eigenvalue weighted by atomic mass is 35.5. The number of amides is 1. The Labute approximate surface area is 235 Å². The zero-order valence-corrected chi connectivity index (χ0v) is 23.1. The molecule has 1 aliphatic rings. The number of unbranched alkanes of at least 4 members (excludes halogenated alkanes) is 1. The third kappa shape index (κ3) is 7.59. The molecule has 3 aromatic carbocycles. The van der Waals surface area contributed by atoms with Crippen LogP contribution in [0.4, 0.5) is 0 Å². The molecule has 1 aliphatic heterocycles. The third-order valence-electron chi connectivity index (χ3n) is 7.36. The Kier molecular flexibility index (Phi) is 9.96. The van der Waals surface area contributed by atoms with E-state index in [1.165, 1.54) is 5.56 Å². The van der Waals surface area contributed by atoms with E-state index in [1.54, 1.807) is 18.2 Å². The maximum Gasteiger partial charge on any atom is 0.335 e. The smallest absolute Gasteiger partial charge is 0.335 e. The van der Waals surface area contributed by atoms with Gasteiger partial charge in [0.05, 0.1) is 17.7 Å². The first kappa shape index (κ1) is 28.6. The van der Waals surface area contributed by atoms with Crippen LogP contribution in [0.2, 0.25) is 5.02 Å². The lowest BCUT2D eigenvalue weighted by molar-refractivity contribution is -0.128. The molecule has 0 aromatic heterocycles. The fraction of sp³-hybridized carbons (Fsp3) is 0.333. The van der Waals surface area contributed by atoms with Crippen molar-refractivity contribution in [3.63, 3.8) is 0 Å². The van der Waals surface area contributed by atoms with Crippen molar-refractivity contribution >= 4 is 23.5 Å². The number of hydrogen-bond acceptors (Lipinski definition) is 3. The second-order valence-electron chi connectivity index (χ2n) is 10.2. The fourth-order valence-electron chi connectivity index (χ4n) is 5.17. The minimum atomic E-state index is -0.936. The molecule has 4 rings (SSSR count). The van der Waals surface area contributed by atoms with Crippen LogP contribution in [0.3, 0.4) is 0 Å². The first-order chi connectivity index (χ1) is 18.9. The van der Waals surface area contributed by atoms with E-state index in [-0.39, 0.29) is 17.5 Å². The van der Waals surface area contributed by atoms with Crippen molar-refractivity contribution in [2.75, 3.05) is 6.54 Å². The van der Waals surface area contributed by atoms with Gasteiger partial charge in [-0.1, -0.05) is 73.5 Å². The highest BCUT2D eigenvalue weighted by Crippen LogP contribution is 2.30. The summed E-state index contributed by atoms with van der Waals surface area (Å²) < 4.78 is 0. The molecule has 1 heterocycles. The van der Waals surface area contributed by atoms with Crippen LogP contribution in [0.1, 0.15) is 72.2 Å². The number of benzene rings is 3. The number of nitrogens with zero attached hydrogens (tertiary/aromatic N) is 1. The van der Waals surface area contributed by atoms with Crippen LogP contribution in [-0.4, -0.2) is 39.6 Å². The van der Waals surface area contributed by atoms with E-state index in [1.807, 2.05) is 53.4 Å². The summed E-state index contributed by atoms with van der Waals surface area (Å²) in [7, 11) is 0. The Balaban J connectivity index is 1.39. The summed E-state index contributed by atoms with van der Waals surface area (Å²) in [6.07, 6.45) is 8.92. The summed E-state index contributed by atoms with van der Waals surface area (Å²) in [5.41, 5.74) is 5.53. The number of carboxylic acid groups (broad SMARTS) is 1. The maximum atomic E-state index is 12.5. The standard InChI is InChI=1S/C33H36ClNO4/c1-2-3-7-26-22-28(34)14-17-30(26)25-8-4-9-27(21-25)31(36)18-15-29-16-19-32(37)35(29)20-5-6-23-10-12-24(13-11-23)33(38)39/h4,8-15,17-18,21-22,29,31,36H,2-3,5-7,16,19-20H2,1H3,(H,38,39)/b18-15+. The number of carboxylic acids is 1. The predicted molar refractivity (Wildman–Crippen MR) is 156 cm³/mol. The number of carbonyl (C=O) groups is 2. The maximum absolute atomic E-state index is 12.5. The van der Waals surface area contributed by atoms with Crippen LogP contribution in [-0.2, 0) is 17.6 Å². The van der Waals surface area contributed by atoms with E-state index in [0.29, 0.717) is 13.0 Å². The second kappa shape index (κ2) is 13.6. The van der Waals surface area contributed by atoms with Gasteiger partial charge in [0.25, 0.3) is 0 Å². The van der Waals surface area contributed by atoms with Crippen molar-refractivity contribution < 1.29 is 19.8 Å². The van der Waals surface area contributed by atoms with E-state index in [4.69, 9.17) is 16.7 Å². The van der Waals surface area contributed by atoms with E-state index >= 15 is 0 Å². The van der Waals surface area contributed by atoms with Crippen molar-refractivity contribution in [3.05, 3.63) is 106 Å². The second-order valence-corrected chi connectivity index (χ2v) is 10.6. The van der Waals surface area contributed by atoms with E-state index in [2.05, 4.69) is 19.1 Å². The first-order valence-corrected chi connectivity index (χ1v) is 14.1. The van der Waals surface area contributed by atoms with Crippen molar-refractivity contribution in [3.8, 4) is 11.1 Å². The number of aromatic carboxylic acids is 1. The number of hydrogen-bond donors (Lipinski definition) is 2. The average Bonchev–Trinajstić information content (AvgIpc) is 3.29. The summed E-state index contributed by atoms with van der Waals surface area (Å²) in [6.45, 7) is 2.80. The van der Waals surface area contributed by atoms with Gasteiger partial charge >= 0.3 is 5.97 Å². The highest BCUT2D eigenvalue weighted by Gasteiger charge is 2.28. The molecule has 39 heavy (non-hydrogen) atoms. The van der Waals surface area contributed by atoms with Gasteiger partial charge in [-0.15, -0.1) is 0 Å². The summed E-state index contributed by atoms with van der Waals surface area (Å²) in [5.74, 6) is -0.806. The van der Waals surface area contributed by atoms with Crippen LogP contribution < -0.4 is 0 Å². The lowest BCUT2D eigenvalue weighted by Crippen LogP contribution is -2.33. The summed E-state index contributed by atoms with van der Waals surface area (Å²) in [5, 5.41) is 20.8. The number of likely N-dealkylation sites (tertiary alicyclic amines) is 1. The number of aliphatic hydroxyl groups excluding tert-OH is 1. The number of rotatable bonds is 12. The van der Waals surface area contributed by atoms with Gasteiger partial charge in [-0.3, -0.25) is 4.79 Å². The normalized spacial score (nSPS) is 16.2. The minimum Gasteiger partial charge on any atom is -0.478 e. The van der Waals surface area contributed by atoms with Gasteiger partial charge in [-0.05, 0) is 90.3 Å². The van der Waals surface area contributed by atoms with E-state index in [9.17, 15) is 14.7 Å². The summed E-state index contributed by atoms with van der Waals surface area (Å²) >= 11 is 6.27. The monoisotopic (exact) mass is 545 g/mol. The fourth-order valence-corrected chi connectivity index (χ4v) is 5.36. The molecule has 3 aromatic rings. The molecule has 1 saturated heterocycles. The van der Waals surface area contributed by atoms with Crippen molar-refractivity contribution in [2.24, 2.45) is 0 Å². The average molecular weight is 546 g/mol. The van der Waals surface area contributed by atoms with Crippen LogP contribution in [0.25, 0.3) is 11.1 Å². The molecule has 1 fully saturated rings. The van der Waals surface area contributed by atoms with Gasteiger partial charge in [-0.25, -0.2) is 4.79 Å². The summed E-state index contributed by atoms with van der Waals surface area (Å²) in [6, 6.07) is 20.8. The molecule has 2 N–H and O–H groups in total. The molecule has 2 atom stereocenters. The van der Waals surface area contributed by atoms with Gasteiger partial charge in [0, 0.05) is 18.0 Å². The molecule has 0 bridgehead atoms.